The van der Waals surface area contributed by atoms with Crippen LogP contribution in [0.3, 0.4) is 0 Å². The Balaban J connectivity index is 2.69. The molecule has 1 fully saturated rings. The van der Waals surface area contributed by atoms with E-state index in [0.29, 0.717) is 12.8 Å². The summed E-state index contributed by atoms with van der Waals surface area (Å²) in [4.78, 5) is 13.8. The first-order valence-electron chi connectivity index (χ1n) is 4.51. The van der Waals surface area contributed by atoms with Crippen LogP contribution in [0.15, 0.2) is 15.5 Å². The van der Waals surface area contributed by atoms with E-state index in [4.69, 9.17) is 0 Å². The maximum Gasteiger partial charge on any atom is 0.235 e. The number of rotatable bonds is 2. The van der Waals surface area contributed by atoms with Gasteiger partial charge >= 0.3 is 0 Å². The van der Waals surface area contributed by atoms with Gasteiger partial charge in [-0.05, 0) is 28.8 Å². The molecule has 0 radical (unpaired) electrons. The molecule has 0 atom stereocenters. The monoisotopic (exact) mass is 287 g/mol. The van der Waals surface area contributed by atoms with Gasteiger partial charge < -0.3 is 10.2 Å². The maximum atomic E-state index is 13.4. The molecule has 0 spiro atoms. The van der Waals surface area contributed by atoms with Crippen molar-refractivity contribution in [3.05, 3.63) is 21.9 Å². The van der Waals surface area contributed by atoms with Gasteiger partial charge in [0.25, 0.3) is 0 Å². The zero-order valence-corrected chi connectivity index (χ0v) is 9.58. The van der Waals surface area contributed by atoms with Crippen molar-refractivity contribution in [3.63, 3.8) is 0 Å². The van der Waals surface area contributed by atoms with Crippen molar-refractivity contribution in [2.75, 3.05) is 0 Å². The molecule has 1 aliphatic rings. The summed E-state index contributed by atoms with van der Waals surface area (Å²) in [5.74, 6) is -1.73. The van der Waals surface area contributed by atoms with Gasteiger partial charge in [0.05, 0.1) is 4.47 Å². The number of carbonyl (C=O) groups excluding carboxylic acids is 1. The van der Waals surface area contributed by atoms with Crippen LogP contribution in [-0.2, 0) is 10.3 Å². The van der Waals surface area contributed by atoms with Crippen LogP contribution in [0.1, 0.15) is 18.4 Å². The van der Waals surface area contributed by atoms with Crippen molar-refractivity contribution in [2.45, 2.75) is 18.4 Å². The van der Waals surface area contributed by atoms with Crippen LogP contribution < -0.4 is 0 Å². The lowest BCUT2D eigenvalue weighted by atomic mass is 10.0. The Labute approximate surface area is 98.6 Å². The molecule has 0 amide bonds. The van der Waals surface area contributed by atoms with E-state index in [1.807, 2.05) is 0 Å². The van der Waals surface area contributed by atoms with Gasteiger partial charge in [0.2, 0.25) is 6.08 Å². The van der Waals surface area contributed by atoms with Gasteiger partial charge in [0.15, 0.2) is 11.5 Å². The van der Waals surface area contributed by atoms with Crippen LogP contribution in [-0.4, -0.2) is 16.3 Å². The lowest BCUT2D eigenvalue weighted by molar-refractivity contribution is 0.389. The van der Waals surface area contributed by atoms with Crippen molar-refractivity contribution in [1.29, 1.82) is 0 Å². The smallest absolute Gasteiger partial charge is 0.235 e. The van der Waals surface area contributed by atoms with Crippen molar-refractivity contribution < 1.29 is 19.4 Å². The molecule has 16 heavy (non-hydrogen) atoms. The highest BCUT2D eigenvalue weighted by Crippen LogP contribution is 2.56. The highest BCUT2D eigenvalue weighted by Gasteiger charge is 2.49. The third kappa shape index (κ3) is 1.50. The van der Waals surface area contributed by atoms with Gasteiger partial charge in [0, 0.05) is 11.6 Å². The average Bonchev–Trinajstić information content (AvgIpc) is 2.97. The second-order valence-corrected chi connectivity index (χ2v) is 4.44. The summed E-state index contributed by atoms with van der Waals surface area (Å²) < 4.78 is 13.4. The second-order valence-electron chi connectivity index (χ2n) is 3.65. The minimum atomic E-state index is -0.940. The molecule has 6 heteroatoms. The highest BCUT2D eigenvalue weighted by molar-refractivity contribution is 9.10. The summed E-state index contributed by atoms with van der Waals surface area (Å²) in [6.45, 7) is 0. The van der Waals surface area contributed by atoms with E-state index >= 15 is 0 Å². The minimum Gasteiger partial charge on any atom is -0.504 e. The van der Waals surface area contributed by atoms with E-state index in [9.17, 15) is 19.4 Å². The lowest BCUT2D eigenvalue weighted by Gasteiger charge is -2.14. The molecule has 0 bridgehead atoms. The van der Waals surface area contributed by atoms with Crippen LogP contribution >= 0.6 is 15.9 Å². The maximum absolute atomic E-state index is 13.4. The summed E-state index contributed by atoms with van der Waals surface area (Å²) in [6.07, 6.45) is 2.42. The molecule has 2 rings (SSSR count). The molecule has 0 unspecified atom stereocenters. The number of halogens is 2. The molecular formula is C10H7BrFNO3. The molecule has 1 aromatic rings. The molecule has 84 valence electrons. The predicted octanol–water partition coefficient (Wildman–Crippen LogP) is 2.32. The van der Waals surface area contributed by atoms with Gasteiger partial charge in [-0.3, -0.25) is 0 Å². The molecule has 0 saturated heterocycles. The van der Waals surface area contributed by atoms with Crippen molar-refractivity contribution in [1.82, 2.24) is 0 Å². The summed E-state index contributed by atoms with van der Waals surface area (Å²) in [6, 6.07) is 0.795. The fourth-order valence-electron chi connectivity index (χ4n) is 1.65. The van der Waals surface area contributed by atoms with E-state index in [0.717, 1.165) is 6.07 Å². The highest BCUT2D eigenvalue weighted by atomic mass is 79.9. The van der Waals surface area contributed by atoms with E-state index in [1.54, 1.807) is 0 Å². The van der Waals surface area contributed by atoms with Crippen molar-refractivity contribution >= 4 is 22.0 Å². The molecule has 1 aromatic carbocycles. The number of aromatic hydroxyl groups is 2. The number of aliphatic imine (C=N–C) groups is 1. The zero-order valence-electron chi connectivity index (χ0n) is 8.00. The van der Waals surface area contributed by atoms with E-state index in [2.05, 4.69) is 20.9 Å². The second kappa shape index (κ2) is 3.57. The van der Waals surface area contributed by atoms with Gasteiger partial charge in [0.1, 0.15) is 11.4 Å². The average molecular weight is 288 g/mol. The molecular weight excluding hydrogens is 281 g/mol. The largest absolute Gasteiger partial charge is 0.504 e. The van der Waals surface area contributed by atoms with E-state index in [1.165, 1.54) is 6.08 Å². The van der Waals surface area contributed by atoms with Crippen LogP contribution in [0.5, 0.6) is 11.5 Å². The SMILES string of the molecule is O=C=NC1(c2c(O)c(O)cc(F)c2Br)CC1. The number of benzene rings is 1. The van der Waals surface area contributed by atoms with Gasteiger partial charge in [-0.25, -0.2) is 9.18 Å². The molecule has 0 heterocycles. The molecule has 4 nitrogen and oxygen atoms in total. The first-order chi connectivity index (χ1) is 7.52. The third-order valence-electron chi connectivity index (χ3n) is 2.62. The fourth-order valence-corrected chi connectivity index (χ4v) is 2.32. The first-order valence-corrected chi connectivity index (χ1v) is 5.30. The van der Waals surface area contributed by atoms with Crippen LogP contribution in [0, 0.1) is 5.82 Å². The quantitative estimate of drug-likeness (QED) is 0.498. The summed E-state index contributed by atoms with van der Waals surface area (Å²) in [7, 11) is 0. The number of hydrogen-bond acceptors (Lipinski definition) is 4. The topological polar surface area (TPSA) is 69.9 Å². The Bertz CT molecular complexity index is 481. The summed E-state index contributed by atoms with van der Waals surface area (Å²) in [5.41, 5.74) is -0.835. The molecule has 2 N–H and O–H groups in total. The lowest BCUT2D eigenvalue weighted by Crippen LogP contribution is -2.05. The molecule has 0 aliphatic heterocycles. The Morgan fingerprint density at radius 3 is 2.62 bits per heavy atom. The van der Waals surface area contributed by atoms with Gasteiger partial charge in [-0.1, -0.05) is 0 Å². The van der Waals surface area contributed by atoms with Crippen LogP contribution in [0.25, 0.3) is 0 Å². The number of isocyanates is 1. The summed E-state index contributed by atoms with van der Waals surface area (Å²) >= 11 is 2.98. The van der Waals surface area contributed by atoms with Gasteiger partial charge in [-0.2, -0.15) is 4.99 Å². The molecule has 0 aromatic heterocycles. The Morgan fingerprint density at radius 2 is 2.12 bits per heavy atom. The third-order valence-corrected chi connectivity index (χ3v) is 3.40. The molecule has 1 saturated carbocycles. The van der Waals surface area contributed by atoms with Crippen LogP contribution in [0.4, 0.5) is 4.39 Å². The molecule has 1 aliphatic carbocycles. The number of nitrogens with zero attached hydrogens (tertiary/aromatic N) is 1. The Kier molecular flexibility index (Phi) is 2.48. The number of phenols is 2. The van der Waals surface area contributed by atoms with Crippen molar-refractivity contribution in [2.24, 2.45) is 4.99 Å². The first kappa shape index (κ1) is 11.1. The van der Waals surface area contributed by atoms with E-state index < -0.39 is 22.9 Å². The Hall–Kier alpha value is -1.39. The van der Waals surface area contributed by atoms with Crippen LogP contribution in [0.2, 0.25) is 0 Å². The minimum absolute atomic E-state index is 0.0132. The number of phenolic OH excluding ortho intramolecular Hbond substituents is 2. The summed E-state index contributed by atoms with van der Waals surface area (Å²) in [5, 5.41) is 19.0. The van der Waals surface area contributed by atoms with Crippen molar-refractivity contribution in [3.8, 4) is 11.5 Å². The standard InChI is InChI=1S/C10H7BrFNO3/c11-8-5(12)3-6(15)9(16)7(8)10(1-2-10)13-4-14/h3,15-16H,1-2H2. The fraction of sp³-hybridized carbons (Fsp3) is 0.300. The normalized spacial score (nSPS) is 16.6. The Morgan fingerprint density at radius 1 is 1.50 bits per heavy atom. The van der Waals surface area contributed by atoms with Gasteiger partial charge in [-0.15, -0.1) is 0 Å². The number of hydrogen-bond donors (Lipinski definition) is 2. The zero-order chi connectivity index (χ0) is 11.9. The predicted molar refractivity (Wildman–Crippen MR) is 56.5 cm³/mol. The van der Waals surface area contributed by atoms with E-state index in [-0.39, 0.29) is 10.0 Å².